The van der Waals surface area contributed by atoms with Crippen LogP contribution in [0.3, 0.4) is 0 Å². The first-order valence-corrected chi connectivity index (χ1v) is 10.9. The van der Waals surface area contributed by atoms with Crippen LogP contribution < -0.4 is 4.74 Å². The van der Waals surface area contributed by atoms with Crippen LogP contribution in [0.1, 0.15) is 59.5 Å². The van der Waals surface area contributed by atoms with Crippen molar-refractivity contribution in [3.05, 3.63) is 65.0 Å². The van der Waals surface area contributed by atoms with E-state index in [-0.39, 0.29) is 11.9 Å². The molecule has 1 heterocycles. The van der Waals surface area contributed by atoms with Gasteiger partial charge in [0.05, 0.1) is 7.11 Å². The zero-order valence-corrected chi connectivity index (χ0v) is 18.4. The van der Waals surface area contributed by atoms with Gasteiger partial charge in [0, 0.05) is 17.2 Å². The first-order chi connectivity index (χ1) is 15.0. The molecular formula is C25H29N3O3. The summed E-state index contributed by atoms with van der Waals surface area (Å²) in [6.45, 7) is 4.36. The molecule has 1 aromatic heterocycles. The second-order valence-corrected chi connectivity index (χ2v) is 8.34. The Bertz CT molecular complexity index is 1020. The molecule has 0 atom stereocenters. The summed E-state index contributed by atoms with van der Waals surface area (Å²) in [5, 5.41) is 4.14. The highest BCUT2D eigenvalue weighted by Crippen LogP contribution is 2.27. The molecule has 6 nitrogen and oxygen atoms in total. The minimum atomic E-state index is 0.0305. The quantitative estimate of drug-likeness (QED) is 0.540. The number of ether oxygens (including phenoxy) is 1. The summed E-state index contributed by atoms with van der Waals surface area (Å²) in [6.07, 6.45) is 5.53. The molecule has 0 aliphatic heterocycles. The summed E-state index contributed by atoms with van der Waals surface area (Å²) in [5.41, 5.74) is 3.75. The van der Waals surface area contributed by atoms with Crippen LogP contribution in [0, 0.1) is 13.8 Å². The molecule has 31 heavy (non-hydrogen) atoms. The molecule has 6 heteroatoms. The van der Waals surface area contributed by atoms with Crippen LogP contribution >= 0.6 is 0 Å². The molecule has 0 unspecified atom stereocenters. The number of amides is 1. The van der Waals surface area contributed by atoms with Crippen molar-refractivity contribution in [2.24, 2.45) is 0 Å². The van der Waals surface area contributed by atoms with Crippen LogP contribution in [0.5, 0.6) is 5.75 Å². The van der Waals surface area contributed by atoms with Gasteiger partial charge in [0.2, 0.25) is 11.7 Å². The number of benzene rings is 2. The number of rotatable bonds is 6. The fraction of sp³-hybridized carbons (Fsp3) is 0.400. The van der Waals surface area contributed by atoms with Crippen molar-refractivity contribution in [1.29, 1.82) is 0 Å². The van der Waals surface area contributed by atoms with Crippen LogP contribution in [0.2, 0.25) is 0 Å². The maximum Gasteiger partial charge on any atom is 0.254 e. The average Bonchev–Trinajstić information content (AvgIpc) is 3.26. The predicted molar refractivity (Wildman–Crippen MR) is 119 cm³/mol. The lowest BCUT2D eigenvalue weighted by molar-refractivity contribution is 0.0586. The van der Waals surface area contributed by atoms with Gasteiger partial charge in [-0.1, -0.05) is 41.6 Å². The van der Waals surface area contributed by atoms with Crippen LogP contribution in [0.4, 0.5) is 0 Å². The Morgan fingerprint density at radius 3 is 2.39 bits per heavy atom. The molecule has 162 valence electrons. The highest BCUT2D eigenvalue weighted by Gasteiger charge is 2.28. The zero-order valence-electron chi connectivity index (χ0n) is 18.4. The fourth-order valence-electron chi connectivity index (χ4n) is 4.35. The molecule has 0 spiro atoms. The monoisotopic (exact) mass is 419 g/mol. The number of aromatic nitrogens is 2. The van der Waals surface area contributed by atoms with Gasteiger partial charge in [0.1, 0.15) is 12.3 Å². The molecule has 0 N–H and O–H groups in total. The molecule has 0 bridgehead atoms. The Kier molecular flexibility index (Phi) is 6.35. The Balaban J connectivity index is 1.59. The van der Waals surface area contributed by atoms with E-state index >= 15 is 0 Å². The van der Waals surface area contributed by atoms with Gasteiger partial charge < -0.3 is 14.2 Å². The smallest absolute Gasteiger partial charge is 0.254 e. The lowest BCUT2D eigenvalue weighted by Gasteiger charge is -2.33. The Labute approximate surface area is 183 Å². The average molecular weight is 420 g/mol. The number of nitrogens with zero attached hydrogens (tertiary/aromatic N) is 3. The Hall–Kier alpha value is -3.15. The minimum Gasteiger partial charge on any atom is -0.497 e. The van der Waals surface area contributed by atoms with Gasteiger partial charge in [-0.3, -0.25) is 4.79 Å². The van der Waals surface area contributed by atoms with E-state index in [4.69, 9.17) is 9.26 Å². The largest absolute Gasteiger partial charge is 0.497 e. The molecule has 1 aliphatic rings. The molecule has 0 radical (unpaired) electrons. The van der Waals surface area contributed by atoms with Crippen molar-refractivity contribution in [2.75, 3.05) is 7.11 Å². The maximum atomic E-state index is 13.5. The van der Waals surface area contributed by atoms with Gasteiger partial charge in [0.15, 0.2) is 0 Å². The molecule has 4 rings (SSSR count). The maximum absolute atomic E-state index is 13.5. The van der Waals surface area contributed by atoms with Crippen molar-refractivity contribution >= 4 is 5.91 Å². The van der Waals surface area contributed by atoms with E-state index in [2.05, 4.69) is 16.2 Å². The zero-order chi connectivity index (χ0) is 21.8. The lowest BCUT2D eigenvalue weighted by atomic mass is 9.93. The summed E-state index contributed by atoms with van der Waals surface area (Å²) in [5.74, 6) is 1.77. The van der Waals surface area contributed by atoms with Gasteiger partial charge in [0.25, 0.3) is 5.91 Å². The van der Waals surface area contributed by atoms with Crippen LogP contribution in [-0.4, -0.2) is 34.1 Å². The molecule has 0 saturated heterocycles. The highest BCUT2D eigenvalue weighted by atomic mass is 16.5. The van der Waals surface area contributed by atoms with Crippen molar-refractivity contribution in [2.45, 2.75) is 58.5 Å². The second kappa shape index (κ2) is 9.33. The normalized spacial score (nSPS) is 14.4. The summed E-state index contributed by atoms with van der Waals surface area (Å²) >= 11 is 0. The van der Waals surface area contributed by atoms with E-state index in [1.54, 1.807) is 7.11 Å². The molecule has 2 aromatic carbocycles. The fourth-order valence-corrected chi connectivity index (χ4v) is 4.35. The van der Waals surface area contributed by atoms with Crippen LogP contribution in [0.25, 0.3) is 11.4 Å². The van der Waals surface area contributed by atoms with Crippen molar-refractivity contribution < 1.29 is 14.1 Å². The van der Waals surface area contributed by atoms with Crippen molar-refractivity contribution in [1.82, 2.24) is 15.0 Å². The Morgan fingerprint density at radius 2 is 1.74 bits per heavy atom. The SMILES string of the molecule is COc1ccc(-c2noc(CN(C(=O)c3cc(C)cc(C)c3)C3CCCCC3)n2)cc1. The summed E-state index contributed by atoms with van der Waals surface area (Å²) in [6, 6.07) is 13.7. The van der Waals surface area contributed by atoms with E-state index in [0.29, 0.717) is 18.3 Å². The van der Waals surface area contributed by atoms with Gasteiger partial charge >= 0.3 is 0 Å². The predicted octanol–water partition coefficient (Wildman–Crippen LogP) is 5.34. The number of methoxy groups -OCH3 is 1. The minimum absolute atomic E-state index is 0.0305. The molecule has 1 amide bonds. The molecule has 1 saturated carbocycles. The number of carbonyl (C=O) groups excluding carboxylic acids is 1. The molecular weight excluding hydrogens is 390 g/mol. The summed E-state index contributed by atoms with van der Waals surface area (Å²) in [7, 11) is 1.63. The molecule has 1 fully saturated rings. The molecule has 3 aromatic rings. The third kappa shape index (κ3) is 4.95. The van der Waals surface area contributed by atoms with Gasteiger partial charge in [-0.25, -0.2) is 0 Å². The van der Waals surface area contributed by atoms with Crippen LogP contribution in [0.15, 0.2) is 47.0 Å². The van der Waals surface area contributed by atoms with Gasteiger partial charge in [-0.15, -0.1) is 0 Å². The number of carbonyl (C=O) groups is 1. The van der Waals surface area contributed by atoms with E-state index in [9.17, 15) is 4.79 Å². The highest BCUT2D eigenvalue weighted by molar-refractivity contribution is 5.94. The third-order valence-corrected chi connectivity index (χ3v) is 5.87. The standard InChI is InChI=1S/C25H29N3O3/c1-17-13-18(2)15-20(14-17)25(29)28(21-7-5-4-6-8-21)16-23-26-24(27-31-23)19-9-11-22(30-3)12-10-19/h9-15,21H,4-8,16H2,1-3H3. The van der Waals surface area contributed by atoms with Crippen molar-refractivity contribution in [3.63, 3.8) is 0 Å². The van der Waals surface area contributed by atoms with E-state index in [0.717, 1.165) is 53.7 Å². The van der Waals surface area contributed by atoms with E-state index in [1.807, 2.05) is 55.1 Å². The first-order valence-electron chi connectivity index (χ1n) is 10.9. The van der Waals surface area contributed by atoms with Crippen LogP contribution in [-0.2, 0) is 6.54 Å². The molecule has 1 aliphatic carbocycles. The number of hydrogen-bond donors (Lipinski definition) is 0. The lowest BCUT2D eigenvalue weighted by Crippen LogP contribution is -2.41. The second-order valence-electron chi connectivity index (χ2n) is 8.34. The first kappa shape index (κ1) is 21.1. The van der Waals surface area contributed by atoms with Crippen molar-refractivity contribution in [3.8, 4) is 17.1 Å². The summed E-state index contributed by atoms with van der Waals surface area (Å²) in [4.78, 5) is 20.0. The third-order valence-electron chi connectivity index (χ3n) is 5.87. The topological polar surface area (TPSA) is 68.5 Å². The number of aryl methyl sites for hydroxylation is 2. The van der Waals surface area contributed by atoms with Gasteiger partial charge in [-0.2, -0.15) is 4.98 Å². The number of hydrogen-bond acceptors (Lipinski definition) is 5. The summed E-state index contributed by atoms with van der Waals surface area (Å²) < 4.78 is 10.8. The van der Waals surface area contributed by atoms with E-state index < -0.39 is 0 Å². The van der Waals surface area contributed by atoms with E-state index in [1.165, 1.54) is 6.42 Å². The van der Waals surface area contributed by atoms with Gasteiger partial charge in [-0.05, 0) is 63.1 Å². The Morgan fingerprint density at radius 1 is 1.06 bits per heavy atom.